The fourth-order valence-corrected chi connectivity index (χ4v) is 5.59. The van der Waals surface area contributed by atoms with E-state index in [0.717, 1.165) is 9.27 Å². The van der Waals surface area contributed by atoms with Gasteiger partial charge in [-0.05, 0) is 0 Å². The zero-order valence-corrected chi connectivity index (χ0v) is 18.5. The van der Waals surface area contributed by atoms with Crippen molar-refractivity contribution < 1.29 is 4.43 Å². The monoisotopic (exact) mass is 412 g/mol. The number of nitrogens with zero attached hydrogens (tertiary/aromatic N) is 2. The van der Waals surface area contributed by atoms with E-state index in [1.54, 1.807) is 0 Å². The number of hydrogen-bond acceptors (Lipinski definition) is 2. The molecule has 0 unspecified atom stereocenters. The van der Waals surface area contributed by atoms with Gasteiger partial charge in [0.2, 0.25) is 0 Å². The van der Waals surface area contributed by atoms with Crippen molar-refractivity contribution in [3.63, 3.8) is 0 Å². The average Bonchev–Trinajstić information content (AvgIpc) is 2.33. The van der Waals surface area contributed by atoms with E-state index < -0.39 is 26.7 Å². The van der Waals surface area contributed by atoms with Crippen molar-refractivity contribution in [2.24, 2.45) is 0 Å². The molecule has 21 heavy (non-hydrogen) atoms. The number of aromatic nitrogens is 1. The van der Waals surface area contributed by atoms with Crippen molar-refractivity contribution in [1.29, 1.82) is 0 Å². The minimum absolute atomic E-state index is 0.203. The topological polar surface area (TPSA) is 26.5 Å². The molecule has 0 bridgehead atoms. The van der Waals surface area contributed by atoms with Gasteiger partial charge in [-0.15, -0.1) is 0 Å². The predicted molar refractivity (Wildman–Crippen MR) is 95.5 cm³/mol. The van der Waals surface area contributed by atoms with Gasteiger partial charge in [0, 0.05) is 0 Å². The van der Waals surface area contributed by atoms with E-state index >= 15 is 0 Å². The Hall–Kier alpha value is -0.384. The summed E-state index contributed by atoms with van der Waals surface area (Å²) in [5.74, 6) is 0.507. The third-order valence-corrected chi connectivity index (χ3v) is 13.8. The van der Waals surface area contributed by atoms with E-state index in [9.17, 15) is 0 Å². The van der Waals surface area contributed by atoms with Crippen molar-refractivity contribution in [1.82, 2.24) is 4.98 Å². The van der Waals surface area contributed by atoms with Gasteiger partial charge in [-0.3, -0.25) is 0 Å². The van der Waals surface area contributed by atoms with Crippen molar-refractivity contribution in [3.05, 3.63) is 29.1 Å². The molecule has 3 nitrogen and oxygen atoms in total. The Morgan fingerprint density at radius 3 is 2.24 bits per heavy atom. The van der Waals surface area contributed by atoms with Crippen molar-refractivity contribution in [2.45, 2.75) is 60.3 Å². The van der Waals surface area contributed by atoms with Gasteiger partial charge in [0.1, 0.15) is 0 Å². The van der Waals surface area contributed by atoms with Crippen molar-refractivity contribution in [3.8, 4) is 0 Å². The SMILES string of the molecule is [C-]#[N+]c1cc(CO[Si](C)(C)C(C)(C)C)c[c]([Sn]([CH3])([CH3])[CH3])n1. The molecule has 5 heteroatoms. The van der Waals surface area contributed by atoms with Gasteiger partial charge >= 0.3 is 135 Å². The number of rotatable bonds is 4. The first-order valence-corrected chi connectivity index (χ1v) is 20.3. The van der Waals surface area contributed by atoms with Gasteiger partial charge in [0.05, 0.1) is 0 Å². The fraction of sp³-hybridized carbons (Fsp3) is 0.625. The van der Waals surface area contributed by atoms with Crippen LogP contribution in [0.1, 0.15) is 26.3 Å². The van der Waals surface area contributed by atoms with Crippen LogP contribution >= 0.6 is 0 Å². The Labute approximate surface area is 135 Å². The molecule has 0 N–H and O–H groups in total. The van der Waals surface area contributed by atoms with E-state index in [1.165, 1.54) is 0 Å². The Kier molecular flexibility index (Phi) is 5.68. The average molecular weight is 411 g/mol. The van der Waals surface area contributed by atoms with E-state index in [2.05, 4.69) is 64.6 Å². The van der Waals surface area contributed by atoms with Crippen LogP contribution in [0.3, 0.4) is 0 Å². The van der Waals surface area contributed by atoms with E-state index in [-0.39, 0.29) is 5.04 Å². The summed E-state index contributed by atoms with van der Waals surface area (Å²) in [6.45, 7) is 19.1. The zero-order chi connectivity index (χ0) is 16.5. The summed E-state index contributed by atoms with van der Waals surface area (Å²) in [4.78, 5) is 15.0. The molecular weight excluding hydrogens is 383 g/mol. The second-order valence-corrected chi connectivity index (χ2v) is 27.2. The summed E-state index contributed by atoms with van der Waals surface area (Å²) in [6.07, 6.45) is 0. The fourth-order valence-electron chi connectivity index (χ4n) is 1.58. The second-order valence-electron chi connectivity index (χ2n) is 8.13. The Balaban J connectivity index is 3.03. The summed E-state index contributed by atoms with van der Waals surface area (Å²) in [5, 5.41) is 0.203. The van der Waals surface area contributed by atoms with Gasteiger partial charge in [0.25, 0.3) is 0 Å². The first-order chi connectivity index (χ1) is 9.37. The van der Waals surface area contributed by atoms with Gasteiger partial charge in [-0.25, -0.2) is 0 Å². The van der Waals surface area contributed by atoms with Crippen molar-refractivity contribution >= 4 is 36.2 Å². The standard InChI is InChI=1S/C13H19N2OSi.3CH3.Sn/c1-13(2,3)17(5,6)16-10-11-7-8-15-12(9-11)14-4;;;;/h7,9H,10H2,1-3,5-6H3;3*1H3;. The van der Waals surface area contributed by atoms with Gasteiger partial charge in [-0.2, -0.15) is 0 Å². The molecular formula is C16H28N2OSiSn. The van der Waals surface area contributed by atoms with Crippen LogP contribution in [0.5, 0.6) is 0 Å². The van der Waals surface area contributed by atoms with Crippen LogP contribution in [0.15, 0.2) is 12.1 Å². The Bertz CT molecular complexity index is 551. The van der Waals surface area contributed by atoms with E-state index in [0.29, 0.717) is 12.4 Å². The summed E-state index contributed by atoms with van der Waals surface area (Å²) in [5.41, 5.74) is 1.10. The first-order valence-electron chi connectivity index (χ1n) is 7.40. The minimum atomic E-state index is -2.27. The molecule has 0 saturated heterocycles. The van der Waals surface area contributed by atoms with Crippen molar-refractivity contribution in [2.75, 3.05) is 0 Å². The molecule has 1 aromatic heterocycles. The number of hydrogen-bond donors (Lipinski definition) is 0. The molecule has 0 atom stereocenters. The zero-order valence-electron chi connectivity index (χ0n) is 14.7. The molecule has 1 aromatic rings. The van der Waals surface area contributed by atoms with E-state index in [1.807, 2.05) is 6.07 Å². The summed E-state index contributed by atoms with van der Waals surface area (Å²) in [6, 6.07) is 4.04. The summed E-state index contributed by atoms with van der Waals surface area (Å²) < 4.78 is 7.44. The molecule has 0 saturated carbocycles. The molecule has 0 aromatic carbocycles. The van der Waals surface area contributed by atoms with Crippen LogP contribution < -0.4 is 3.71 Å². The summed E-state index contributed by atoms with van der Waals surface area (Å²) >= 11 is -2.27. The molecule has 1 heterocycles. The predicted octanol–water partition coefficient (Wildman–Crippen LogP) is 4.70. The second kappa shape index (κ2) is 6.39. The van der Waals surface area contributed by atoms with Crippen LogP contribution in [0.2, 0.25) is 33.0 Å². The van der Waals surface area contributed by atoms with Crippen LogP contribution in [0.25, 0.3) is 4.85 Å². The van der Waals surface area contributed by atoms with Gasteiger partial charge in [0.15, 0.2) is 0 Å². The maximum absolute atomic E-state index is 7.25. The Morgan fingerprint density at radius 1 is 1.24 bits per heavy atom. The van der Waals surface area contributed by atoms with Crippen LogP contribution in [0, 0.1) is 6.57 Å². The quantitative estimate of drug-likeness (QED) is 0.531. The van der Waals surface area contributed by atoms with E-state index in [4.69, 9.17) is 11.0 Å². The normalized spacial score (nSPS) is 13.1. The molecule has 0 radical (unpaired) electrons. The molecule has 0 fully saturated rings. The molecule has 0 aliphatic heterocycles. The molecule has 0 aliphatic rings. The third-order valence-electron chi connectivity index (χ3n) is 4.16. The molecule has 0 spiro atoms. The van der Waals surface area contributed by atoms with Crippen LogP contribution in [0.4, 0.5) is 5.82 Å². The first kappa shape index (κ1) is 18.7. The Morgan fingerprint density at radius 2 is 1.81 bits per heavy atom. The van der Waals surface area contributed by atoms with Crippen LogP contribution in [-0.4, -0.2) is 31.7 Å². The van der Waals surface area contributed by atoms with Gasteiger partial charge < -0.3 is 0 Å². The maximum atomic E-state index is 7.25. The molecule has 1 rings (SSSR count). The van der Waals surface area contributed by atoms with Crippen LogP contribution in [-0.2, 0) is 11.0 Å². The molecule has 0 aliphatic carbocycles. The molecule has 116 valence electrons. The summed E-state index contributed by atoms with van der Waals surface area (Å²) in [7, 11) is -1.76. The number of pyridine rings is 1. The van der Waals surface area contributed by atoms with Gasteiger partial charge in [-0.1, -0.05) is 0 Å². The molecule has 0 amide bonds. The third kappa shape index (κ3) is 5.08.